The standard InChI is InChI=1S/C11H15N3O3S/c1-5-3-7(5)14-11(17)12-4-8-13-6(2)9(18-8)10(15)16/h5,7H,3-4H2,1-2H3,(H,15,16)(H2,12,14,17). The highest BCUT2D eigenvalue weighted by molar-refractivity contribution is 7.13. The van der Waals surface area contributed by atoms with E-state index in [0.717, 1.165) is 17.8 Å². The number of aromatic nitrogens is 1. The van der Waals surface area contributed by atoms with Gasteiger partial charge >= 0.3 is 12.0 Å². The van der Waals surface area contributed by atoms with Crippen molar-refractivity contribution in [3.63, 3.8) is 0 Å². The van der Waals surface area contributed by atoms with Crippen LogP contribution in [0.5, 0.6) is 0 Å². The van der Waals surface area contributed by atoms with Crippen molar-refractivity contribution in [3.8, 4) is 0 Å². The summed E-state index contributed by atoms with van der Waals surface area (Å²) in [7, 11) is 0. The molecule has 0 aliphatic heterocycles. The summed E-state index contributed by atoms with van der Waals surface area (Å²) < 4.78 is 0. The number of hydrogen-bond acceptors (Lipinski definition) is 4. The Kier molecular flexibility index (Phi) is 3.51. The van der Waals surface area contributed by atoms with Gasteiger partial charge in [-0.15, -0.1) is 11.3 Å². The first-order valence-electron chi connectivity index (χ1n) is 5.71. The lowest BCUT2D eigenvalue weighted by atomic mass is 10.4. The molecule has 18 heavy (non-hydrogen) atoms. The Hall–Kier alpha value is -1.63. The van der Waals surface area contributed by atoms with Crippen molar-refractivity contribution in [1.29, 1.82) is 0 Å². The highest BCUT2D eigenvalue weighted by Crippen LogP contribution is 2.28. The lowest BCUT2D eigenvalue weighted by molar-refractivity contribution is 0.0701. The van der Waals surface area contributed by atoms with E-state index >= 15 is 0 Å². The molecule has 1 saturated carbocycles. The van der Waals surface area contributed by atoms with Crippen molar-refractivity contribution in [3.05, 3.63) is 15.6 Å². The second-order valence-electron chi connectivity index (χ2n) is 4.47. The van der Waals surface area contributed by atoms with Crippen molar-refractivity contribution in [1.82, 2.24) is 15.6 Å². The van der Waals surface area contributed by atoms with Crippen LogP contribution in [0.1, 0.15) is 33.7 Å². The zero-order valence-electron chi connectivity index (χ0n) is 10.2. The molecular formula is C11H15N3O3S. The maximum absolute atomic E-state index is 11.5. The van der Waals surface area contributed by atoms with Crippen LogP contribution in [-0.4, -0.2) is 28.1 Å². The van der Waals surface area contributed by atoms with E-state index in [9.17, 15) is 9.59 Å². The summed E-state index contributed by atoms with van der Waals surface area (Å²) in [6.45, 7) is 3.98. The molecule has 7 heteroatoms. The predicted molar refractivity (Wildman–Crippen MR) is 66.8 cm³/mol. The van der Waals surface area contributed by atoms with Crippen molar-refractivity contribution in [2.75, 3.05) is 0 Å². The number of amides is 2. The van der Waals surface area contributed by atoms with Gasteiger partial charge in [-0.2, -0.15) is 0 Å². The second-order valence-corrected chi connectivity index (χ2v) is 5.56. The number of nitrogens with zero attached hydrogens (tertiary/aromatic N) is 1. The minimum atomic E-state index is -0.979. The Morgan fingerprint density at radius 3 is 2.72 bits per heavy atom. The molecule has 0 radical (unpaired) electrons. The van der Waals surface area contributed by atoms with E-state index in [0.29, 0.717) is 16.6 Å². The molecule has 3 N–H and O–H groups in total. The predicted octanol–water partition coefficient (Wildman–Crippen LogP) is 1.36. The van der Waals surface area contributed by atoms with Crippen LogP contribution in [0.4, 0.5) is 4.79 Å². The van der Waals surface area contributed by atoms with Gasteiger partial charge in [-0.1, -0.05) is 6.92 Å². The van der Waals surface area contributed by atoms with E-state index in [4.69, 9.17) is 5.11 Å². The number of carboxylic acid groups (broad SMARTS) is 1. The van der Waals surface area contributed by atoms with Crippen LogP contribution in [0.3, 0.4) is 0 Å². The molecule has 0 saturated heterocycles. The number of aryl methyl sites for hydroxylation is 1. The van der Waals surface area contributed by atoms with Gasteiger partial charge in [0.2, 0.25) is 0 Å². The van der Waals surface area contributed by atoms with Crippen LogP contribution in [0.15, 0.2) is 0 Å². The average molecular weight is 269 g/mol. The van der Waals surface area contributed by atoms with Gasteiger partial charge in [0.15, 0.2) is 0 Å². The summed E-state index contributed by atoms with van der Waals surface area (Å²) in [6, 6.07) is 0.0479. The fraction of sp³-hybridized carbons (Fsp3) is 0.545. The number of nitrogens with one attached hydrogen (secondary N) is 2. The monoisotopic (exact) mass is 269 g/mol. The van der Waals surface area contributed by atoms with Gasteiger partial charge in [-0.3, -0.25) is 0 Å². The van der Waals surface area contributed by atoms with Crippen LogP contribution in [-0.2, 0) is 6.54 Å². The maximum Gasteiger partial charge on any atom is 0.347 e. The number of carbonyl (C=O) groups is 2. The Balaban J connectivity index is 1.84. The molecular weight excluding hydrogens is 254 g/mol. The first-order chi connectivity index (χ1) is 8.47. The van der Waals surface area contributed by atoms with Gasteiger partial charge in [-0.05, 0) is 19.3 Å². The first-order valence-corrected chi connectivity index (χ1v) is 6.53. The number of hydrogen-bond donors (Lipinski definition) is 3. The number of aromatic carboxylic acids is 1. The summed E-state index contributed by atoms with van der Waals surface area (Å²) in [6.07, 6.45) is 1.02. The Morgan fingerprint density at radius 2 is 2.22 bits per heavy atom. The third kappa shape index (κ3) is 2.98. The summed E-state index contributed by atoms with van der Waals surface area (Å²) in [5.41, 5.74) is 0.487. The van der Waals surface area contributed by atoms with Gasteiger partial charge in [0.1, 0.15) is 9.88 Å². The molecule has 2 atom stereocenters. The smallest absolute Gasteiger partial charge is 0.347 e. The van der Waals surface area contributed by atoms with Crippen LogP contribution >= 0.6 is 11.3 Å². The molecule has 1 fully saturated rings. The topological polar surface area (TPSA) is 91.3 Å². The van der Waals surface area contributed by atoms with E-state index in [-0.39, 0.29) is 23.5 Å². The van der Waals surface area contributed by atoms with Crippen molar-refractivity contribution in [2.45, 2.75) is 32.9 Å². The molecule has 1 aliphatic rings. The third-order valence-electron chi connectivity index (χ3n) is 2.86. The van der Waals surface area contributed by atoms with Crippen LogP contribution < -0.4 is 10.6 Å². The molecule has 0 aromatic carbocycles. The number of urea groups is 1. The van der Waals surface area contributed by atoms with Gasteiger partial charge in [-0.25, -0.2) is 14.6 Å². The van der Waals surface area contributed by atoms with Crippen molar-refractivity contribution in [2.24, 2.45) is 5.92 Å². The van der Waals surface area contributed by atoms with E-state index in [2.05, 4.69) is 22.5 Å². The highest BCUT2D eigenvalue weighted by atomic mass is 32.1. The summed E-state index contributed by atoms with van der Waals surface area (Å²) in [5.74, 6) is -0.427. The fourth-order valence-corrected chi connectivity index (χ4v) is 2.47. The zero-order valence-corrected chi connectivity index (χ0v) is 11.0. The van der Waals surface area contributed by atoms with E-state index < -0.39 is 5.97 Å². The molecule has 1 aromatic rings. The molecule has 2 rings (SSSR count). The number of carboxylic acids is 1. The van der Waals surface area contributed by atoms with E-state index in [1.54, 1.807) is 6.92 Å². The minimum absolute atomic E-state index is 0.225. The van der Waals surface area contributed by atoms with Gasteiger partial charge in [0, 0.05) is 6.04 Å². The average Bonchev–Trinajstić information content (AvgIpc) is 2.83. The summed E-state index contributed by atoms with van der Waals surface area (Å²) >= 11 is 1.09. The minimum Gasteiger partial charge on any atom is -0.477 e. The molecule has 0 spiro atoms. The zero-order chi connectivity index (χ0) is 13.3. The Bertz CT molecular complexity index is 486. The number of rotatable bonds is 4. The Labute approximate surface area is 108 Å². The normalized spacial score (nSPS) is 21.4. The number of carbonyl (C=O) groups excluding carboxylic acids is 1. The van der Waals surface area contributed by atoms with Crippen LogP contribution in [0.2, 0.25) is 0 Å². The fourth-order valence-electron chi connectivity index (χ4n) is 1.62. The third-order valence-corrected chi connectivity index (χ3v) is 4.01. The molecule has 98 valence electrons. The lowest BCUT2D eigenvalue weighted by Crippen LogP contribution is -2.36. The van der Waals surface area contributed by atoms with Gasteiger partial charge < -0.3 is 15.7 Å². The Morgan fingerprint density at radius 1 is 1.56 bits per heavy atom. The molecule has 1 aromatic heterocycles. The number of thiazole rings is 1. The molecule has 1 heterocycles. The van der Waals surface area contributed by atoms with Crippen LogP contribution in [0.25, 0.3) is 0 Å². The summed E-state index contributed by atoms with van der Waals surface area (Å²) in [4.78, 5) is 26.6. The lowest BCUT2D eigenvalue weighted by Gasteiger charge is -2.04. The highest BCUT2D eigenvalue weighted by Gasteiger charge is 2.33. The van der Waals surface area contributed by atoms with E-state index in [1.807, 2.05) is 0 Å². The maximum atomic E-state index is 11.5. The molecule has 6 nitrogen and oxygen atoms in total. The first kappa shape index (κ1) is 12.8. The van der Waals surface area contributed by atoms with Crippen molar-refractivity contribution < 1.29 is 14.7 Å². The molecule has 2 amide bonds. The van der Waals surface area contributed by atoms with E-state index in [1.165, 1.54) is 0 Å². The van der Waals surface area contributed by atoms with Gasteiger partial charge in [0.05, 0.1) is 12.2 Å². The summed E-state index contributed by atoms with van der Waals surface area (Å²) in [5, 5.41) is 15.0. The van der Waals surface area contributed by atoms with Crippen LogP contribution in [0, 0.1) is 12.8 Å². The largest absolute Gasteiger partial charge is 0.477 e. The van der Waals surface area contributed by atoms with Crippen molar-refractivity contribution >= 4 is 23.3 Å². The second kappa shape index (κ2) is 4.93. The molecule has 0 bridgehead atoms. The SMILES string of the molecule is Cc1nc(CNC(=O)NC2CC2C)sc1C(=O)O. The quantitative estimate of drug-likeness (QED) is 0.769. The van der Waals surface area contributed by atoms with Gasteiger partial charge in [0.25, 0.3) is 0 Å². The molecule has 1 aliphatic carbocycles. The molecule has 2 unspecified atom stereocenters.